The van der Waals surface area contributed by atoms with Crippen molar-refractivity contribution in [2.75, 3.05) is 6.54 Å². The Labute approximate surface area is 117 Å². The summed E-state index contributed by atoms with van der Waals surface area (Å²) >= 11 is 11.9. The van der Waals surface area contributed by atoms with Crippen molar-refractivity contribution in [3.8, 4) is 0 Å². The molecule has 0 spiro atoms. The molecule has 0 heterocycles. The predicted octanol–water partition coefficient (Wildman–Crippen LogP) is 4.09. The average molecular weight is 284 g/mol. The van der Waals surface area contributed by atoms with Crippen LogP contribution in [0, 0.1) is 0 Å². The first kappa shape index (κ1) is 14.8. The number of hydrogen-bond donors (Lipinski definition) is 1. The van der Waals surface area contributed by atoms with E-state index in [1.54, 1.807) is 24.3 Å². The summed E-state index contributed by atoms with van der Waals surface area (Å²) < 4.78 is 0. The molecule has 2 nitrogen and oxygen atoms in total. The number of hydrogen-bond acceptors (Lipinski definition) is 1. The summed E-state index contributed by atoms with van der Waals surface area (Å²) in [5.41, 5.74) is 0.729. The Balaban J connectivity index is 2.53. The zero-order valence-electron chi connectivity index (χ0n) is 10.1. The number of nitrogens with one attached hydrogen (secondary N) is 1. The zero-order valence-corrected chi connectivity index (χ0v) is 11.6. The van der Waals surface area contributed by atoms with Gasteiger partial charge in [-0.1, -0.05) is 47.5 Å². The van der Waals surface area contributed by atoms with Crippen molar-refractivity contribution in [3.63, 3.8) is 0 Å². The molecule has 0 saturated carbocycles. The Kier molecular flexibility index (Phi) is 6.55. The third-order valence-corrected chi connectivity index (χ3v) is 3.08. The molecule has 0 aliphatic carbocycles. The van der Waals surface area contributed by atoms with Gasteiger partial charge in [0.15, 0.2) is 0 Å². The molecule has 1 aromatic carbocycles. The van der Waals surface area contributed by atoms with Crippen LogP contribution < -0.4 is 5.32 Å². The van der Waals surface area contributed by atoms with Crippen molar-refractivity contribution in [2.45, 2.75) is 13.3 Å². The molecule has 0 aromatic heterocycles. The van der Waals surface area contributed by atoms with Gasteiger partial charge in [0.05, 0.1) is 10.0 Å². The smallest absolute Gasteiger partial charge is 0.244 e. The number of carbonyl (C=O) groups is 1. The number of rotatable bonds is 5. The summed E-state index contributed by atoms with van der Waals surface area (Å²) in [6.45, 7) is 2.57. The topological polar surface area (TPSA) is 29.1 Å². The van der Waals surface area contributed by atoms with Crippen LogP contribution in [0.25, 0.3) is 6.08 Å². The molecule has 1 N–H and O–H groups in total. The molecule has 0 aliphatic rings. The average Bonchev–Trinajstić information content (AvgIpc) is 2.36. The highest BCUT2D eigenvalue weighted by Gasteiger charge is 2.01. The SMILES string of the molecule is C/C=C/CCNC(=O)/C=C/c1cccc(Cl)c1Cl. The molecular weight excluding hydrogens is 269 g/mol. The summed E-state index contributed by atoms with van der Waals surface area (Å²) in [5.74, 6) is -0.143. The summed E-state index contributed by atoms with van der Waals surface area (Å²) in [6, 6.07) is 5.30. The van der Waals surface area contributed by atoms with E-state index < -0.39 is 0 Å². The van der Waals surface area contributed by atoms with E-state index in [9.17, 15) is 4.79 Å². The highest BCUT2D eigenvalue weighted by molar-refractivity contribution is 6.42. The Bertz CT molecular complexity index is 467. The lowest BCUT2D eigenvalue weighted by molar-refractivity contribution is -0.116. The Morgan fingerprint density at radius 2 is 2.17 bits per heavy atom. The minimum absolute atomic E-state index is 0.143. The summed E-state index contributed by atoms with van der Waals surface area (Å²) in [6.07, 6.45) is 7.88. The molecule has 1 rings (SSSR count). The van der Waals surface area contributed by atoms with Crippen LogP contribution in [0.15, 0.2) is 36.4 Å². The van der Waals surface area contributed by atoms with Gasteiger partial charge in [-0.05, 0) is 31.1 Å². The van der Waals surface area contributed by atoms with Crippen molar-refractivity contribution in [1.82, 2.24) is 5.32 Å². The van der Waals surface area contributed by atoms with Crippen LogP contribution in [0.1, 0.15) is 18.9 Å². The van der Waals surface area contributed by atoms with E-state index >= 15 is 0 Å². The van der Waals surface area contributed by atoms with Crippen molar-refractivity contribution >= 4 is 35.2 Å². The molecule has 18 heavy (non-hydrogen) atoms. The van der Waals surface area contributed by atoms with Crippen LogP contribution in [0.2, 0.25) is 10.0 Å². The summed E-state index contributed by atoms with van der Waals surface area (Å²) in [5, 5.41) is 3.70. The number of amides is 1. The highest BCUT2D eigenvalue weighted by atomic mass is 35.5. The van der Waals surface area contributed by atoms with Crippen LogP contribution in [0.4, 0.5) is 0 Å². The molecule has 1 amide bonds. The second kappa shape index (κ2) is 7.96. The molecule has 96 valence electrons. The molecule has 0 atom stereocenters. The number of benzene rings is 1. The molecule has 0 radical (unpaired) electrons. The lowest BCUT2D eigenvalue weighted by Crippen LogP contribution is -2.21. The standard InChI is InChI=1S/C14H15Cl2NO/c1-2-3-4-10-17-13(18)9-8-11-6-5-7-12(15)14(11)16/h2-3,5-9H,4,10H2,1H3,(H,17,18)/b3-2+,9-8+. The monoisotopic (exact) mass is 283 g/mol. The fraction of sp³-hybridized carbons (Fsp3) is 0.214. The second-order valence-electron chi connectivity index (χ2n) is 3.63. The minimum Gasteiger partial charge on any atom is -0.352 e. The molecule has 0 unspecified atom stereocenters. The molecule has 4 heteroatoms. The van der Waals surface area contributed by atoms with Gasteiger partial charge in [0.1, 0.15) is 0 Å². The molecule has 0 saturated heterocycles. The lowest BCUT2D eigenvalue weighted by Gasteiger charge is -2.01. The molecule has 0 fully saturated rings. The molecular formula is C14H15Cl2NO. The maximum absolute atomic E-state index is 11.5. The number of halogens is 2. The van der Waals surface area contributed by atoms with Gasteiger partial charge in [-0.3, -0.25) is 4.79 Å². The first-order valence-corrected chi connectivity index (χ1v) is 6.42. The van der Waals surface area contributed by atoms with Crippen LogP contribution in [0.5, 0.6) is 0 Å². The predicted molar refractivity (Wildman–Crippen MR) is 77.9 cm³/mol. The van der Waals surface area contributed by atoms with Crippen molar-refractivity contribution in [3.05, 3.63) is 52.0 Å². The third-order valence-electron chi connectivity index (χ3n) is 2.24. The quantitative estimate of drug-likeness (QED) is 0.492. The fourth-order valence-electron chi connectivity index (χ4n) is 1.32. The first-order valence-electron chi connectivity index (χ1n) is 5.66. The van der Waals surface area contributed by atoms with Crippen LogP contribution in [0.3, 0.4) is 0 Å². The van der Waals surface area contributed by atoms with Crippen molar-refractivity contribution in [1.29, 1.82) is 0 Å². The van der Waals surface area contributed by atoms with E-state index in [1.165, 1.54) is 6.08 Å². The van der Waals surface area contributed by atoms with Gasteiger partial charge in [-0.15, -0.1) is 0 Å². The Morgan fingerprint density at radius 3 is 2.89 bits per heavy atom. The number of carbonyl (C=O) groups excluding carboxylic acids is 1. The largest absolute Gasteiger partial charge is 0.352 e. The van der Waals surface area contributed by atoms with E-state index in [4.69, 9.17) is 23.2 Å². The van der Waals surface area contributed by atoms with Gasteiger partial charge in [-0.2, -0.15) is 0 Å². The molecule has 1 aromatic rings. The molecule has 0 aliphatic heterocycles. The lowest BCUT2D eigenvalue weighted by atomic mass is 10.2. The summed E-state index contributed by atoms with van der Waals surface area (Å²) in [7, 11) is 0. The fourth-order valence-corrected chi connectivity index (χ4v) is 1.69. The second-order valence-corrected chi connectivity index (χ2v) is 4.41. The van der Waals surface area contributed by atoms with E-state index in [0.29, 0.717) is 16.6 Å². The normalized spacial score (nSPS) is 11.3. The zero-order chi connectivity index (χ0) is 13.4. The van der Waals surface area contributed by atoms with E-state index in [1.807, 2.05) is 19.1 Å². The van der Waals surface area contributed by atoms with E-state index in [2.05, 4.69) is 5.32 Å². The maximum Gasteiger partial charge on any atom is 0.244 e. The number of allylic oxidation sites excluding steroid dienone is 1. The van der Waals surface area contributed by atoms with Gasteiger partial charge < -0.3 is 5.32 Å². The van der Waals surface area contributed by atoms with Gasteiger partial charge >= 0.3 is 0 Å². The van der Waals surface area contributed by atoms with Crippen LogP contribution in [-0.2, 0) is 4.79 Å². The maximum atomic E-state index is 11.5. The van der Waals surface area contributed by atoms with Gasteiger partial charge in [0.2, 0.25) is 5.91 Å². The minimum atomic E-state index is -0.143. The third kappa shape index (κ3) is 4.94. The van der Waals surface area contributed by atoms with Crippen molar-refractivity contribution in [2.24, 2.45) is 0 Å². The van der Waals surface area contributed by atoms with E-state index in [0.717, 1.165) is 12.0 Å². The van der Waals surface area contributed by atoms with E-state index in [-0.39, 0.29) is 5.91 Å². The van der Waals surface area contributed by atoms with Gasteiger partial charge in [0.25, 0.3) is 0 Å². The highest BCUT2D eigenvalue weighted by Crippen LogP contribution is 2.26. The van der Waals surface area contributed by atoms with Crippen molar-refractivity contribution < 1.29 is 4.79 Å². The van der Waals surface area contributed by atoms with Gasteiger partial charge in [-0.25, -0.2) is 0 Å². The first-order chi connectivity index (χ1) is 8.65. The van der Waals surface area contributed by atoms with Crippen LogP contribution >= 0.6 is 23.2 Å². The molecule has 0 bridgehead atoms. The Morgan fingerprint density at radius 1 is 1.39 bits per heavy atom. The van der Waals surface area contributed by atoms with Crippen LogP contribution in [-0.4, -0.2) is 12.5 Å². The van der Waals surface area contributed by atoms with Gasteiger partial charge in [0, 0.05) is 12.6 Å². The Hall–Kier alpha value is -1.25. The summed E-state index contributed by atoms with van der Waals surface area (Å²) in [4.78, 5) is 11.5.